The Kier molecular flexibility index (Phi) is 5.14. The Labute approximate surface area is 144 Å². The molecule has 0 aliphatic carbocycles. The van der Waals surface area contributed by atoms with Crippen LogP contribution >= 0.6 is 11.3 Å². The Morgan fingerprint density at radius 1 is 1.17 bits per heavy atom. The Morgan fingerprint density at radius 2 is 1.83 bits per heavy atom. The summed E-state index contributed by atoms with van der Waals surface area (Å²) in [6, 6.07) is 3.88. The molecule has 2 aromatic rings. The molecule has 3 rings (SSSR count). The Morgan fingerprint density at radius 3 is 2.50 bits per heavy atom. The maximum absolute atomic E-state index is 12.4. The fourth-order valence-corrected chi connectivity index (χ4v) is 3.44. The van der Waals surface area contributed by atoms with Crippen molar-refractivity contribution in [2.24, 2.45) is 0 Å². The van der Waals surface area contributed by atoms with E-state index in [4.69, 9.17) is 4.74 Å². The van der Waals surface area contributed by atoms with Crippen molar-refractivity contribution in [2.45, 2.75) is 13.3 Å². The number of thiazole rings is 1. The van der Waals surface area contributed by atoms with Crippen molar-refractivity contribution in [3.8, 4) is 5.13 Å². The lowest BCUT2D eigenvalue weighted by Gasteiger charge is -2.34. The molecule has 0 unspecified atom stereocenters. The number of carbonyl (C=O) groups excluding carboxylic acids is 2. The van der Waals surface area contributed by atoms with Crippen LogP contribution in [-0.4, -0.2) is 64.1 Å². The minimum absolute atomic E-state index is 0.0706. The lowest BCUT2D eigenvalue weighted by molar-refractivity contribution is -0.132. The van der Waals surface area contributed by atoms with Crippen LogP contribution in [0.2, 0.25) is 0 Å². The third kappa shape index (κ3) is 3.76. The van der Waals surface area contributed by atoms with Gasteiger partial charge < -0.3 is 19.1 Å². The summed E-state index contributed by atoms with van der Waals surface area (Å²) < 4.78 is 6.91. The minimum Gasteiger partial charge on any atom is -0.450 e. The molecule has 2 aromatic heterocycles. The van der Waals surface area contributed by atoms with E-state index in [0.717, 1.165) is 10.0 Å². The predicted molar refractivity (Wildman–Crippen MR) is 90.3 cm³/mol. The van der Waals surface area contributed by atoms with Gasteiger partial charge >= 0.3 is 6.09 Å². The third-order valence-corrected chi connectivity index (χ3v) is 4.86. The molecular formula is C16H20N4O3S. The molecule has 7 nitrogen and oxygen atoms in total. The fourth-order valence-electron chi connectivity index (χ4n) is 2.57. The summed E-state index contributed by atoms with van der Waals surface area (Å²) in [5.74, 6) is 0.0706. The summed E-state index contributed by atoms with van der Waals surface area (Å²) in [5, 5.41) is 0.856. The van der Waals surface area contributed by atoms with Crippen LogP contribution in [0.3, 0.4) is 0 Å². The van der Waals surface area contributed by atoms with E-state index in [1.54, 1.807) is 22.9 Å². The minimum atomic E-state index is -0.302. The van der Waals surface area contributed by atoms with Gasteiger partial charge in [-0.2, -0.15) is 0 Å². The molecule has 0 spiro atoms. The molecule has 0 radical (unpaired) electrons. The first-order chi connectivity index (χ1) is 11.7. The van der Waals surface area contributed by atoms with E-state index in [1.165, 1.54) is 11.3 Å². The van der Waals surface area contributed by atoms with Gasteiger partial charge in [-0.05, 0) is 19.1 Å². The second-order valence-electron chi connectivity index (χ2n) is 5.44. The second kappa shape index (κ2) is 7.48. The number of hydrogen-bond donors (Lipinski definition) is 0. The maximum Gasteiger partial charge on any atom is 0.409 e. The van der Waals surface area contributed by atoms with Gasteiger partial charge in [0.25, 0.3) is 0 Å². The highest BCUT2D eigenvalue weighted by atomic mass is 32.1. The number of aromatic nitrogens is 2. The third-order valence-electron chi connectivity index (χ3n) is 3.85. The highest BCUT2D eigenvalue weighted by Gasteiger charge is 2.25. The zero-order valence-corrected chi connectivity index (χ0v) is 14.4. The van der Waals surface area contributed by atoms with E-state index in [2.05, 4.69) is 4.98 Å². The Balaban J connectivity index is 1.52. The first-order valence-corrected chi connectivity index (χ1v) is 8.76. The molecule has 1 fully saturated rings. The molecule has 0 atom stereocenters. The van der Waals surface area contributed by atoms with Crippen LogP contribution in [0.1, 0.15) is 11.8 Å². The van der Waals surface area contributed by atoms with Crippen molar-refractivity contribution in [3.63, 3.8) is 0 Å². The molecule has 0 bridgehead atoms. The molecule has 3 heterocycles. The van der Waals surface area contributed by atoms with Gasteiger partial charge in [-0.25, -0.2) is 9.78 Å². The number of amides is 2. The van der Waals surface area contributed by atoms with Crippen LogP contribution in [-0.2, 0) is 16.0 Å². The molecule has 0 saturated carbocycles. The Hall–Kier alpha value is -2.35. The summed E-state index contributed by atoms with van der Waals surface area (Å²) in [5.41, 5.74) is 0. The number of rotatable bonds is 4. The second-order valence-corrected chi connectivity index (χ2v) is 6.54. The van der Waals surface area contributed by atoms with Crippen molar-refractivity contribution in [2.75, 3.05) is 32.8 Å². The van der Waals surface area contributed by atoms with Gasteiger partial charge in [-0.3, -0.25) is 4.79 Å². The van der Waals surface area contributed by atoms with Crippen LogP contribution in [0, 0.1) is 0 Å². The fraction of sp³-hybridized carbons (Fsp3) is 0.438. The molecule has 1 aliphatic heterocycles. The summed E-state index contributed by atoms with van der Waals surface area (Å²) in [7, 11) is 0. The van der Waals surface area contributed by atoms with Gasteiger partial charge in [-0.15, -0.1) is 11.3 Å². The monoisotopic (exact) mass is 348 g/mol. The SMILES string of the molecule is CCOC(=O)N1CCN(C(=O)Cc2cnc(-n3cccc3)s2)CC1. The van der Waals surface area contributed by atoms with Crippen LogP contribution in [0.5, 0.6) is 0 Å². The van der Waals surface area contributed by atoms with E-state index in [0.29, 0.717) is 39.2 Å². The van der Waals surface area contributed by atoms with E-state index >= 15 is 0 Å². The first kappa shape index (κ1) is 16.5. The lowest BCUT2D eigenvalue weighted by atomic mass is 10.2. The quantitative estimate of drug-likeness (QED) is 0.845. The standard InChI is InChI=1S/C16H20N4O3S/c1-2-23-16(22)20-9-7-18(8-10-20)14(21)11-13-12-17-15(24-13)19-5-3-4-6-19/h3-6,12H,2,7-11H2,1H3. The lowest BCUT2D eigenvalue weighted by Crippen LogP contribution is -2.51. The van der Waals surface area contributed by atoms with Crippen molar-refractivity contribution in [1.29, 1.82) is 0 Å². The Bertz CT molecular complexity index is 690. The van der Waals surface area contributed by atoms with Gasteiger partial charge in [0.2, 0.25) is 5.91 Å². The number of piperazine rings is 1. The van der Waals surface area contributed by atoms with Crippen LogP contribution in [0.4, 0.5) is 4.79 Å². The summed E-state index contributed by atoms with van der Waals surface area (Å²) in [4.78, 5) is 32.8. The van der Waals surface area contributed by atoms with Crippen molar-refractivity contribution in [3.05, 3.63) is 35.6 Å². The number of ether oxygens (including phenoxy) is 1. The van der Waals surface area contributed by atoms with Gasteiger partial charge in [0, 0.05) is 49.6 Å². The molecule has 2 amide bonds. The zero-order chi connectivity index (χ0) is 16.9. The normalized spacial score (nSPS) is 14.7. The number of nitrogens with zero attached hydrogens (tertiary/aromatic N) is 4. The molecule has 24 heavy (non-hydrogen) atoms. The summed E-state index contributed by atoms with van der Waals surface area (Å²) in [6.07, 6.45) is 5.66. The average molecular weight is 348 g/mol. The molecule has 0 N–H and O–H groups in total. The zero-order valence-electron chi connectivity index (χ0n) is 13.6. The highest BCUT2D eigenvalue weighted by molar-refractivity contribution is 7.14. The van der Waals surface area contributed by atoms with E-state index < -0.39 is 0 Å². The first-order valence-electron chi connectivity index (χ1n) is 7.95. The smallest absolute Gasteiger partial charge is 0.409 e. The number of carbonyl (C=O) groups is 2. The summed E-state index contributed by atoms with van der Waals surface area (Å²) in [6.45, 7) is 4.27. The molecule has 0 aromatic carbocycles. The summed E-state index contributed by atoms with van der Waals surface area (Å²) >= 11 is 1.51. The van der Waals surface area contributed by atoms with Gasteiger partial charge in [0.05, 0.1) is 13.0 Å². The molecule has 8 heteroatoms. The predicted octanol–water partition coefficient (Wildman–Crippen LogP) is 1.78. The average Bonchev–Trinajstić information content (AvgIpc) is 3.26. The maximum atomic E-state index is 12.4. The van der Waals surface area contributed by atoms with E-state index in [1.807, 2.05) is 29.1 Å². The van der Waals surface area contributed by atoms with E-state index in [-0.39, 0.29) is 12.0 Å². The molecule has 1 aliphatic rings. The van der Waals surface area contributed by atoms with Crippen LogP contribution < -0.4 is 0 Å². The molecular weight excluding hydrogens is 328 g/mol. The largest absolute Gasteiger partial charge is 0.450 e. The highest BCUT2D eigenvalue weighted by Crippen LogP contribution is 2.19. The van der Waals surface area contributed by atoms with Crippen molar-refractivity contribution >= 4 is 23.3 Å². The van der Waals surface area contributed by atoms with E-state index in [9.17, 15) is 9.59 Å². The molecule has 128 valence electrons. The van der Waals surface area contributed by atoms with Crippen LogP contribution in [0.25, 0.3) is 5.13 Å². The topological polar surface area (TPSA) is 67.7 Å². The number of hydrogen-bond acceptors (Lipinski definition) is 5. The van der Waals surface area contributed by atoms with Crippen LogP contribution in [0.15, 0.2) is 30.7 Å². The van der Waals surface area contributed by atoms with Gasteiger partial charge in [-0.1, -0.05) is 0 Å². The molecule has 1 saturated heterocycles. The van der Waals surface area contributed by atoms with Crippen molar-refractivity contribution in [1.82, 2.24) is 19.4 Å². The van der Waals surface area contributed by atoms with Gasteiger partial charge in [0.1, 0.15) is 0 Å². The van der Waals surface area contributed by atoms with Gasteiger partial charge in [0.15, 0.2) is 5.13 Å². The van der Waals surface area contributed by atoms with Crippen molar-refractivity contribution < 1.29 is 14.3 Å².